The summed E-state index contributed by atoms with van der Waals surface area (Å²) in [6.07, 6.45) is 2.83. The largest absolute Gasteiger partial charge is 0.455 e. The second-order valence-corrected chi connectivity index (χ2v) is 6.41. The number of rotatable bonds is 2. The zero-order valence-corrected chi connectivity index (χ0v) is 14.3. The van der Waals surface area contributed by atoms with Crippen LogP contribution in [0.1, 0.15) is 29.7 Å². The molecule has 25 heavy (non-hydrogen) atoms. The Balaban J connectivity index is 2.07. The average Bonchev–Trinajstić information content (AvgIpc) is 3.05. The van der Waals surface area contributed by atoms with Gasteiger partial charge in [-0.2, -0.15) is 5.10 Å². The third-order valence-corrected chi connectivity index (χ3v) is 4.50. The molecule has 0 radical (unpaired) electrons. The van der Waals surface area contributed by atoms with Crippen molar-refractivity contribution in [2.75, 3.05) is 0 Å². The Morgan fingerprint density at radius 2 is 2.00 bits per heavy atom. The van der Waals surface area contributed by atoms with Gasteiger partial charge < -0.3 is 9.52 Å². The van der Waals surface area contributed by atoms with E-state index in [2.05, 4.69) is 5.10 Å². The third-order valence-electron chi connectivity index (χ3n) is 4.50. The van der Waals surface area contributed by atoms with Gasteiger partial charge in [0.2, 0.25) is 0 Å². The molecule has 0 bridgehead atoms. The maximum Gasteiger partial charge on any atom is 0.196 e. The van der Waals surface area contributed by atoms with Crippen molar-refractivity contribution in [1.29, 1.82) is 0 Å². The molecule has 3 aromatic heterocycles. The Morgan fingerprint density at radius 3 is 2.76 bits per heavy atom. The van der Waals surface area contributed by atoms with Crippen LogP contribution in [0.15, 0.2) is 51.9 Å². The Kier molecular flexibility index (Phi) is 3.47. The van der Waals surface area contributed by atoms with E-state index in [1.54, 1.807) is 30.6 Å². The van der Waals surface area contributed by atoms with E-state index in [4.69, 9.17) is 4.42 Å². The van der Waals surface area contributed by atoms with Crippen molar-refractivity contribution in [3.05, 3.63) is 69.6 Å². The Labute approximate surface area is 144 Å². The molecule has 5 heteroatoms. The molecule has 4 rings (SSSR count). The fourth-order valence-corrected chi connectivity index (χ4v) is 3.20. The van der Waals surface area contributed by atoms with Gasteiger partial charge in [-0.25, -0.2) is 4.52 Å². The highest BCUT2D eigenvalue weighted by atomic mass is 16.3. The fraction of sp³-hybridized carbons (Fsp3) is 0.200. The van der Waals surface area contributed by atoms with E-state index < -0.39 is 6.10 Å². The van der Waals surface area contributed by atoms with Crippen molar-refractivity contribution in [2.24, 2.45) is 0 Å². The molecule has 0 unspecified atom stereocenters. The smallest absolute Gasteiger partial charge is 0.196 e. The van der Waals surface area contributed by atoms with Crippen LogP contribution in [-0.2, 0) is 0 Å². The molecule has 3 heterocycles. The Bertz CT molecular complexity index is 1170. The van der Waals surface area contributed by atoms with Crippen LogP contribution in [0.3, 0.4) is 0 Å². The molecule has 4 aromatic rings. The average molecular weight is 334 g/mol. The first-order valence-electron chi connectivity index (χ1n) is 8.15. The van der Waals surface area contributed by atoms with E-state index in [1.807, 2.05) is 37.4 Å². The standard InChI is InChI=1S/C20H18N2O3/c1-11-8-16(13(3)23)20-17(9-11)18(24)12(2)19(25-20)14-4-5-15-6-7-21-22(15)10-14/h4-10,13,23H,1-3H3/t13-/m1/s1. The van der Waals surface area contributed by atoms with Crippen molar-refractivity contribution in [1.82, 2.24) is 9.61 Å². The first-order valence-corrected chi connectivity index (χ1v) is 8.15. The van der Waals surface area contributed by atoms with E-state index in [0.717, 1.165) is 16.6 Å². The summed E-state index contributed by atoms with van der Waals surface area (Å²) in [5, 5.41) is 14.8. The zero-order valence-electron chi connectivity index (χ0n) is 14.3. The summed E-state index contributed by atoms with van der Waals surface area (Å²) in [5.74, 6) is 0.501. The predicted molar refractivity (Wildman–Crippen MR) is 96.8 cm³/mol. The highest BCUT2D eigenvalue weighted by molar-refractivity contribution is 5.84. The molecular formula is C20H18N2O3. The van der Waals surface area contributed by atoms with E-state index >= 15 is 0 Å². The lowest BCUT2D eigenvalue weighted by Crippen LogP contribution is -2.09. The fourth-order valence-electron chi connectivity index (χ4n) is 3.20. The van der Waals surface area contributed by atoms with Crippen LogP contribution in [0.25, 0.3) is 27.8 Å². The zero-order chi connectivity index (χ0) is 17.7. The normalized spacial score (nSPS) is 12.8. The minimum Gasteiger partial charge on any atom is -0.455 e. The first-order chi connectivity index (χ1) is 12.0. The lowest BCUT2D eigenvalue weighted by Gasteiger charge is -2.13. The number of aliphatic hydroxyl groups excluding tert-OH is 1. The SMILES string of the molecule is Cc1cc([C@@H](C)O)c2oc(-c3ccc4ccnn4c3)c(C)c(=O)c2c1. The van der Waals surface area contributed by atoms with Crippen LogP contribution in [0.4, 0.5) is 0 Å². The summed E-state index contributed by atoms with van der Waals surface area (Å²) in [5.41, 5.74) is 4.17. The van der Waals surface area contributed by atoms with Gasteiger partial charge >= 0.3 is 0 Å². The number of nitrogens with zero attached hydrogens (tertiary/aromatic N) is 2. The summed E-state index contributed by atoms with van der Waals surface area (Å²) in [4.78, 5) is 12.9. The van der Waals surface area contributed by atoms with Gasteiger partial charge in [0.1, 0.15) is 11.3 Å². The number of fused-ring (bicyclic) bond motifs is 2. The van der Waals surface area contributed by atoms with E-state index in [1.165, 1.54) is 0 Å². The van der Waals surface area contributed by atoms with Crippen molar-refractivity contribution in [3.8, 4) is 11.3 Å². The Hall–Kier alpha value is -2.92. The highest BCUT2D eigenvalue weighted by Gasteiger charge is 2.18. The third kappa shape index (κ3) is 2.44. The molecule has 0 aliphatic rings. The van der Waals surface area contributed by atoms with E-state index in [-0.39, 0.29) is 5.43 Å². The van der Waals surface area contributed by atoms with Gasteiger partial charge in [-0.3, -0.25) is 4.79 Å². The summed E-state index contributed by atoms with van der Waals surface area (Å²) in [7, 11) is 0. The molecule has 0 fully saturated rings. The van der Waals surface area contributed by atoms with Gasteiger partial charge in [0, 0.05) is 29.1 Å². The molecule has 5 nitrogen and oxygen atoms in total. The second-order valence-electron chi connectivity index (χ2n) is 6.41. The maximum absolute atomic E-state index is 12.9. The topological polar surface area (TPSA) is 67.7 Å². The van der Waals surface area contributed by atoms with Crippen LogP contribution in [0.2, 0.25) is 0 Å². The van der Waals surface area contributed by atoms with E-state index in [9.17, 15) is 9.90 Å². The molecule has 126 valence electrons. The van der Waals surface area contributed by atoms with Gasteiger partial charge in [0.15, 0.2) is 5.43 Å². The van der Waals surface area contributed by atoms with Gasteiger partial charge in [-0.15, -0.1) is 0 Å². The van der Waals surface area contributed by atoms with Crippen LogP contribution < -0.4 is 5.43 Å². The van der Waals surface area contributed by atoms with Gasteiger partial charge in [0.25, 0.3) is 0 Å². The summed E-state index contributed by atoms with van der Waals surface area (Å²) >= 11 is 0. The van der Waals surface area contributed by atoms with Crippen molar-refractivity contribution < 1.29 is 9.52 Å². The maximum atomic E-state index is 12.9. The summed E-state index contributed by atoms with van der Waals surface area (Å²) < 4.78 is 7.87. The molecule has 0 saturated carbocycles. The molecule has 0 amide bonds. The first kappa shape index (κ1) is 15.6. The second kappa shape index (κ2) is 5.57. The summed E-state index contributed by atoms with van der Waals surface area (Å²) in [6.45, 7) is 5.33. The van der Waals surface area contributed by atoms with Crippen LogP contribution in [-0.4, -0.2) is 14.7 Å². The van der Waals surface area contributed by atoms with Gasteiger partial charge in [0.05, 0.1) is 17.0 Å². The number of aryl methyl sites for hydroxylation is 1. The number of pyridine rings is 1. The number of aliphatic hydroxyl groups is 1. The minimum atomic E-state index is -0.727. The molecule has 1 atom stereocenters. The summed E-state index contributed by atoms with van der Waals surface area (Å²) in [6, 6.07) is 9.40. The molecule has 0 aliphatic carbocycles. The van der Waals surface area contributed by atoms with Crippen LogP contribution >= 0.6 is 0 Å². The molecule has 0 aliphatic heterocycles. The number of hydrogen-bond donors (Lipinski definition) is 1. The number of hydrogen-bond acceptors (Lipinski definition) is 4. The lowest BCUT2D eigenvalue weighted by molar-refractivity contribution is 0.199. The number of aromatic nitrogens is 2. The number of benzene rings is 1. The molecule has 0 saturated heterocycles. The molecular weight excluding hydrogens is 316 g/mol. The minimum absolute atomic E-state index is 0.0811. The quantitative estimate of drug-likeness (QED) is 0.606. The highest BCUT2D eigenvalue weighted by Crippen LogP contribution is 2.30. The van der Waals surface area contributed by atoms with Crippen molar-refractivity contribution in [3.63, 3.8) is 0 Å². The monoisotopic (exact) mass is 334 g/mol. The van der Waals surface area contributed by atoms with Crippen LogP contribution in [0.5, 0.6) is 0 Å². The van der Waals surface area contributed by atoms with Crippen molar-refractivity contribution in [2.45, 2.75) is 26.9 Å². The van der Waals surface area contributed by atoms with E-state index in [0.29, 0.717) is 27.9 Å². The molecule has 1 aromatic carbocycles. The van der Waals surface area contributed by atoms with Crippen LogP contribution in [0, 0.1) is 13.8 Å². The van der Waals surface area contributed by atoms with Gasteiger partial charge in [-0.1, -0.05) is 0 Å². The molecule has 1 N–H and O–H groups in total. The van der Waals surface area contributed by atoms with Crippen molar-refractivity contribution >= 4 is 16.5 Å². The lowest BCUT2D eigenvalue weighted by atomic mass is 10.0. The molecule has 0 spiro atoms. The van der Waals surface area contributed by atoms with Gasteiger partial charge in [-0.05, 0) is 56.7 Å². The predicted octanol–water partition coefficient (Wildman–Crippen LogP) is 3.78. The Morgan fingerprint density at radius 1 is 1.20 bits per heavy atom.